The summed E-state index contributed by atoms with van der Waals surface area (Å²) >= 11 is 1.32. The zero-order valence-electron chi connectivity index (χ0n) is 7.99. The summed E-state index contributed by atoms with van der Waals surface area (Å²) < 4.78 is 12.7. The van der Waals surface area contributed by atoms with Gasteiger partial charge in [-0.1, -0.05) is 12.1 Å². The van der Waals surface area contributed by atoms with E-state index in [2.05, 4.69) is 4.98 Å². The van der Waals surface area contributed by atoms with Gasteiger partial charge in [0.1, 0.15) is 11.9 Å². The number of thiazole rings is 1. The highest BCUT2D eigenvalue weighted by Crippen LogP contribution is 2.29. The van der Waals surface area contributed by atoms with E-state index in [1.54, 1.807) is 12.1 Å². The Bertz CT molecular complexity index is 523. The van der Waals surface area contributed by atoms with Gasteiger partial charge in [-0.2, -0.15) is 5.26 Å². The maximum Gasteiger partial charge on any atom is 0.195 e. The first kappa shape index (κ1) is 9.81. The summed E-state index contributed by atoms with van der Waals surface area (Å²) in [6.07, 6.45) is 0. The van der Waals surface area contributed by atoms with E-state index in [1.165, 1.54) is 23.5 Å². The maximum atomic E-state index is 12.7. The van der Waals surface area contributed by atoms with Crippen LogP contribution < -0.4 is 0 Å². The second-order valence-electron chi connectivity index (χ2n) is 3.05. The summed E-state index contributed by atoms with van der Waals surface area (Å²) in [5.74, 6) is -0.263. The summed E-state index contributed by atoms with van der Waals surface area (Å²) in [5.41, 5.74) is 1.70. The minimum atomic E-state index is -0.263. The Hall–Kier alpha value is -1.73. The molecular formula is C11H7FN2S. The molecule has 0 N–H and O–H groups in total. The van der Waals surface area contributed by atoms with Crippen LogP contribution in [0, 0.1) is 24.1 Å². The van der Waals surface area contributed by atoms with E-state index in [0.717, 1.165) is 16.1 Å². The third-order valence-electron chi connectivity index (χ3n) is 2.00. The number of aryl methyl sites for hydroxylation is 1. The molecule has 0 unspecified atom stereocenters. The first-order valence-electron chi connectivity index (χ1n) is 4.34. The van der Waals surface area contributed by atoms with Crippen LogP contribution in [0.1, 0.15) is 10.7 Å². The van der Waals surface area contributed by atoms with E-state index in [1.807, 2.05) is 13.0 Å². The number of nitrogens with zero attached hydrogens (tertiary/aromatic N) is 2. The standard InChI is InChI=1S/C11H7FN2S/c1-7-11(15-10(6-13)14-7)8-2-4-9(12)5-3-8/h2-5H,1H3. The van der Waals surface area contributed by atoms with Gasteiger partial charge < -0.3 is 0 Å². The summed E-state index contributed by atoms with van der Waals surface area (Å²) in [5, 5.41) is 9.14. The number of aromatic nitrogens is 1. The molecule has 74 valence electrons. The van der Waals surface area contributed by atoms with E-state index in [0.29, 0.717) is 5.01 Å². The van der Waals surface area contributed by atoms with Crippen LogP contribution in [-0.4, -0.2) is 4.98 Å². The molecule has 4 heteroatoms. The Morgan fingerprint density at radius 1 is 1.33 bits per heavy atom. The molecule has 1 aromatic carbocycles. The van der Waals surface area contributed by atoms with Crippen LogP contribution >= 0.6 is 11.3 Å². The lowest BCUT2D eigenvalue weighted by Gasteiger charge is -1.97. The van der Waals surface area contributed by atoms with Gasteiger partial charge in [-0.25, -0.2) is 9.37 Å². The number of rotatable bonds is 1. The molecule has 2 nitrogen and oxygen atoms in total. The predicted octanol–water partition coefficient (Wildman–Crippen LogP) is 3.13. The monoisotopic (exact) mass is 218 g/mol. The molecule has 0 saturated heterocycles. The number of halogens is 1. The smallest absolute Gasteiger partial charge is 0.195 e. The fourth-order valence-electron chi connectivity index (χ4n) is 1.31. The van der Waals surface area contributed by atoms with Gasteiger partial charge in [0.05, 0.1) is 10.6 Å². The van der Waals surface area contributed by atoms with Crippen molar-refractivity contribution in [1.29, 1.82) is 5.26 Å². The van der Waals surface area contributed by atoms with Gasteiger partial charge in [0.2, 0.25) is 0 Å². The van der Waals surface area contributed by atoms with Gasteiger partial charge in [-0.3, -0.25) is 0 Å². The van der Waals surface area contributed by atoms with E-state index >= 15 is 0 Å². The fraction of sp³-hybridized carbons (Fsp3) is 0.0909. The Balaban J connectivity index is 2.50. The Morgan fingerprint density at radius 2 is 2.00 bits per heavy atom. The van der Waals surface area contributed by atoms with Crippen molar-refractivity contribution < 1.29 is 4.39 Å². The van der Waals surface area contributed by atoms with E-state index in [4.69, 9.17) is 5.26 Å². The average Bonchev–Trinajstić information content (AvgIpc) is 2.61. The van der Waals surface area contributed by atoms with Gasteiger partial charge in [0.15, 0.2) is 5.01 Å². The van der Waals surface area contributed by atoms with Crippen LogP contribution in [-0.2, 0) is 0 Å². The molecule has 1 heterocycles. The Morgan fingerprint density at radius 3 is 2.53 bits per heavy atom. The molecule has 0 aliphatic rings. The largest absolute Gasteiger partial charge is 0.231 e. The number of benzene rings is 1. The fourth-order valence-corrected chi connectivity index (χ4v) is 2.18. The summed E-state index contributed by atoms with van der Waals surface area (Å²) in [6.45, 7) is 1.84. The molecule has 15 heavy (non-hydrogen) atoms. The maximum absolute atomic E-state index is 12.7. The first-order valence-corrected chi connectivity index (χ1v) is 5.16. The molecular weight excluding hydrogens is 211 g/mol. The highest BCUT2D eigenvalue weighted by atomic mass is 32.1. The second-order valence-corrected chi connectivity index (χ2v) is 4.05. The summed E-state index contributed by atoms with van der Waals surface area (Å²) in [7, 11) is 0. The molecule has 0 aliphatic carbocycles. The van der Waals surface area contributed by atoms with Crippen molar-refractivity contribution in [3.8, 4) is 16.5 Å². The molecule has 0 saturated carbocycles. The van der Waals surface area contributed by atoms with Crippen LogP contribution in [0.15, 0.2) is 24.3 Å². The molecule has 0 spiro atoms. The van der Waals surface area contributed by atoms with Crippen LogP contribution in [0.5, 0.6) is 0 Å². The topological polar surface area (TPSA) is 36.7 Å². The molecule has 2 aromatic rings. The van der Waals surface area contributed by atoms with Crippen molar-refractivity contribution in [3.05, 3.63) is 40.8 Å². The van der Waals surface area contributed by atoms with E-state index in [9.17, 15) is 4.39 Å². The Labute approximate surface area is 90.6 Å². The molecule has 1 aromatic heterocycles. The quantitative estimate of drug-likeness (QED) is 0.737. The second kappa shape index (κ2) is 3.79. The van der Waals surface area contributed by atoms with Crippen molar-refractivity contribution in [1.82, 2.24) is 4.98 Å². The molecule has 0 amide bonds. The highest BCUT2D eigenvalue weighted by molar-refractivity contribution is 7.15. The molecule has 0 atom stereocenters. The first-order chi connectivity index (χ1) is 7.20. The number of hydrogen-bond donors (Lipinski definition) is 0. The molecule has 0 bridgehead atoms. The van der Waals surface area contributed by atoms with Crippen molar-refractivity contribution in [2.75, 3.05) is 0 Å². The van der Waals surface area contributed by atoms with Crippen molar-refractivity contribution in [2.24, 2.45) is 0 Å². The van der Waals surface area contributed by atoms with Gasteiger partial charge in [0, 0.05) is 0 Å². The SMILES string of the molecule is Cc1nc(C#N)sc1-c1ccc(F)cc1. The lowest BCUT2D eigenvalue weighted by molar-refractivity contribution is 0.628. The predicted molar refractivity (Wildman–Crippen MR) is 57.0 cm³/mol. The minimum absolute atomic E-state index is 0.263. The van der Waals surface area contributed by atoms with Gasteiger partial charge in [0.25, 0.3) is 0 Å². The van der Waals surface area contributed by atoms with Gasteiger partial charge >= 0.3 is 0 Å². The van der Waals surface area contributed by atoms with E-state index in [-0.39, 0.29) is 5.82 Å². The van der Waals surface area contributed by atoms with E-state index < -0.39 is 0 Å². The lowest BCUT2D eigenvalue weighted by Crippen LogP contribution is -1.78. The molecule has 0 aliphatic heterocycles. The number of hydrogen-bond acceptors (Lipinski definition) is 3. The van der Waals surface area contributed by atoms with Crippen molar-refractivity contribution >= 4 is 11.3 Å². The van der Waals surface area contributed by atoms with Crippen LogP contribution in [0.25, 0.3) is 10.4 Å². The molecule has 2 rings (SSSR count). The third kappa shape index (κ3) is 1.88. The summed E-state index contributed by atoms with van der Waals surface area (Å²) in [6, 6.07) is 8.19. The Kier molecular flexibility index (Phi) is 2.48. The average molecular weight is 218 g/mol. The highest BCUT2D eigenvalue weighted by Gasteiger charge is 2.08. The minimum Gasteiger partial charge on any atom is -0.231 e. The normalized spacial score (nSPS) is 9.93. The lowest BCUT2D eigenvalue weighted by atomic mass is 10.1. The zero-order chi connectivity index (χ0) is 10.8. The van der Waals surface area contributed by atoms with Gasteiger partial charge in [-0.05, 0) is 24.6 Å². The third-order valence-corrected chi connectivity index (χ3v) is 3.11. The zero-order valence-corrected chi connectivity index (χ0v) is 8.81. The molecule has 0 radical (unpaired) electrons. The van der Waals surface area contributed by atoms with Crippen LogP contribution in [0.3, 0.4) is 0 Å². The summed E-state index contributed by atoms with van der Waals surface area (Å²) in [4.78, 5) is 5.01. The van der Waals surface area contributed by atoms with Crippen molar-refractivity contribution in [2.45, 2.75) is 6.92 Å². The van der Waals surface area contributed by atoms with Crippen molar-refractivity contribution in [3.63, 3.8) is 0 Å². The molecule has 0 fully saturated rings. The number of nitriles is 1. The van der Waals surface area contributed by atoms with Crippen LogP contribution in [0.4, 0.5) is 4.39 Å². The van der Waals surface area contributed by atoms with Gasteiger partial charge in [-0.15, -0.1) is 11.3 Å². The van der Waals surface area contributed by atoms with Crippen LogP contribution in [0.2, 0.25) is 0 Å².